The summed E-state index contributed by atoms with van der Waals surface area (Å²) in [7, 11) is 3.20. The monoisotopic (exact) mass is 377 g/mol. The van der Waals surface area contributed by atoms with Crippen molar-refractivity contribution >= 4 is 17.4 Å². The van der Waals surface area contributed by atoms with Crippen LogP contribution in [0.4, 0.5) is 11.5 Å². The zero-order valence-corrected chi connectivity index (χ0v) is 15.9. The van der Waals surface area contributed by atoms with Crippen LogP contribution in [0.1, 0.15) is 15.9 Å². The van der Waals surface area contributed by atoms with Gasteiger partial charge in [-0.1, -0.05) is 30.3 Å². The zero-order chi connectivity index (χ0) is 19.8. The van der Waals surface area contributed by atoms with E-state index in [1.165, 1.54) is 5.56 Å². The third-order valence-corrected chi connectivity index (χ3v) is 4.23. The highest BCUT2D eigenvalue weighted by atomic mass is 16.5. The summed E-state index contributed by atoms with van der Waals surface area (Å²) >= 11 is 0. The molecule has 6 nitrogen and oxygen atoms in total. The van der Waals surface area contributed by atoms with E-state index in [-0.39, 0.29) is 5.91 Å². The number of ether oxygens (including phenoxy) is 2. The molecule has 0 unspecified atom stereocenters. The molecule has 1 heterocycles. The van der Waals surface area contributed by atoms with Crippen LogP contribution in [0.25, 0.3) is 0 Å². The van der Waals surface area contributed by atoms with E-state index < -0.39 is 0 Å². The van der Waals surface area contributed by atoms with Crippen LogP contribution >= 0.6 is 0 Å². The van der Waals surface area contributed by atoms with E-state index in [4.69, 9.17) is 9.47 Å². The molecule has 0 atom stereocenters. The molecule has 0 bridgehead atoms. The molecule has 0 aliphatic rings. The molecule has 0 saturated carbocycles. The lowest BCUT2D eigenvalue weighted by Crippen LogP contribution is -2.25. The van der Waals surface area contributed by atoms with Crippen molar-refractivity contribution < 1.29 is 14.3 Å². The largest absolute Gasteiger partial charge is 0.497 e. The summed E-state index contributed by atoms with van der Waals surface area (Å²) in [6.07, 6.45) is 2.38. The molecule has 28 heavy (non-hydrogen) atoms. The predicted octanol–water partition coefficient (Wildman–Crippen LogP) is 3.81. The summed E-state index contributed by atoms with van der Waals surface area (Å²) in [6, 6.07) is 18.9. The SMILES string of the molecule is COc1ccc(OC)c(Nc2cc(C(=O)NCCc3ccccc3)ccn2)c1. The molecule has 2 N–H and O–H groups in total. The lowest BCUT2D eigenvalue weighted by Gasteiger charge is -2.13. The first-order valence-electron chi connectivity index (χ1n) is 8.97. The van der Waals surface area contributed by atoms with E-state index in [0.29, 0.717) is 35.1 Å². The topological polar surface area (TPSA) is 72.5 Å². The fraction of sp³-hybridized carbons (Fsp3) is 0.182. The number of amides is 1. The number of carbonyl (C=O) groups excluding carboxylic acids is 1. The van der Waals surface area contributed by atoms with Crippen molar-refractivity contribution in [3.05, 3.63) is 78.0 Å². The van der Waals surface area contributed by atoms with Gasteiger partial charge >= 0.3 is 0 Å². The van der Waals surface area contributed by atoms with Crippen LogP contribution in [0.5, 0.6) is 11.5 Å². The average Bonchev–Trinajstić information content (AvgIpc) is 2.74. The fourth-order valence-corrected chi connectivity index (χ4v) is 2.76. The average molecular weight is 377 g/mol. The third kappa shape index (κ3) is 5.01. The van der Waals surface area contributed by atoms with Crippen LogP contribution < -0.4 is 20.1 Å². The van der Waals surface area contributed by atoms with E-state index in [9.17, 15) is 4.79 Å². The summed E-state index contributed by atoms with van der Waals surface area (Å²) in [5.74, 6) is 1.75. The van der Waals surface area contributed by atoms with Gasteiger partial charge in [0.15, 0.2) is 0 Å². The van der Waals surface area contributed by atoms with Crippen LogP contribution in [-0.2, 0) is 6.42 Å². The Kier molecular flexibility index (Phi) is 6.46. The summed E-state index contributed by atoms with van der Waals surface area (Å²) < 4.78 is 10.6. The minimum atomic E-state index is -0.140. The minimum absolute atomic E-state index is 0.140. The molecule has 6 heteroatoms. The number of benzene rings is 2. The van der Waals surface area contributed by atoms with Crippen LogP contribution in [0.15, 0.2) is 66.9 Å². The van der Waals surface area contributed by atoms with Crippen molar-refractivity contribution in [2.75, 3.05) is 26.1 Å². The van der Waals surface area contributed by atoms with Gasteiger partial charge in [0.25, 0.3) is 5.91 Å². The third-order valence-electron chi connectivity index (χ3n) is 4.23. The summed E-state index contributed by atoms with van der Waals surface area (Å²) in [5.41, 5.74) is 2.42. The van der Waals surface area contributed by atoms with Crippen molar-refractivity contribution in [1.82, 2.24) is 10.3 Å². The first kappa shape index (κ1) is 19.2. The molecule has 0 aliphatic carbocycles. The van der Waals surface area contributed by atoms with Gasteiger partial charge in [-0.15, -0.1) is 0 Å². The number of nitrogens with one attached hydrogen (secondary N) is 2. The van der Waals surface area contributed by atoms with Crippen molar-refractivity contribution in [2.45, 2.75) is 6.42 Å². The van der Waals surface area contributed by atoms with Crippen molar-refractivity contribution in [3.63, 3.8) is 0 Å². The molecule has 1 amide bonds. The number of aromatic nitrogens is 1. The quantitative estimate of drug-likeness (QED) is 0.624. The normalized spacial score (nSPS) is 10.2. The van der Waals surface area contributed by atoms with Crippen LogP contribution in [-0.4, -0.2) is 31.7 Å². The van der Waals surface area contributed by atoms with E-state index in [1.54, 1.807) is 38.6 Å². The lowest BCUT2D eigenvalue weighted by molar-refractivity contribution is 0.0954. The van der Waals surface area contributed by atoms with E-state index >= 15 is 0 Å². The Bertz CT molecular complexity index is 929. The second kappa shape index (κ2) is 9.41. The molecule has 2 aromatic carbocycles. The highest BCUT2D eigenvalue weighted by molar-refractivity contribution is 5.95. The number of pyridine rings is 1. The molecule has 0 saturated heterocycles. The maximum absolute atomic E-state index is 12.5. The van der Waals surface area contributed by atoms with Gasteiger partial charge in [-0.2, -0.15) is 0 Å². The molecular formula is C22H23N3O3. The maximum Gasteiger partial charge on any atom is 0.251 e. The van der Waals surface area contributed by atoms with E-state index in [1.807, 2.05) is 42.5 Å². The number of anilines is 2. The molecule has 1 aromatic heterocycles. The summed E-state index contributed by atoms with van der Waals surface area (Å²) in [6.45, 7) is 0.567. The first-order chi connectivity index (χ1) is 13.7. The number of rotatable bonds is 8. The van der Waals surface area contributed by atoms with Crippen molar-refractivity contribution in [2.24, 2.45) is 0 Å². The Morgan fingerprint density at radius 2 is 1.82 bits per heavy atom. The Morgan fingerprint density at radius 3 is 2.57 bits per heavy atom. The highest BCUT2D eigenvalue weighted by Gasteiger charge is 2.09. The molecule has 144 valence electrons. The lowest BCUT2D eigenvalue weighted by atomic mass is 10.1. The number of hydrogen-bond acceptors (Lipinski definition) is 5. The number of methoxy groups -OCH3 is 2. The van der Waals surface area contributed by atoms with Crippen LogP contribution in [0, 0.1) is 0 Å². The van der Waals surface area contributed by atoms with E-state index in [2.05, 4.69) is 15.6 Å². The molecule has 0 spiro atoms. The van der Waals surface area contributed by atoms with Gasteiger partial charge in [0.1, 0.15) is 17.3 Å². The number of hydrogen-bond donors (Lipinski definition) is 2. The number of carbonyl (C=O) groups is 1. The molecule has 3 aromatic rings. The smallest absolute Gasteiger partial charge is 0.251 e. The van der Waals surface area contributed by atoms with Gasteiger partial charge in [0.05, 0.1) is 19.9 Å². The second-order valence-corrected chi connectivity index (χ2v) is 6.11. The molecule has 0 aliphatic heterocycles. The molecular weight excluding hydrogens is 354 g/mol. The molecule has 0 radical (unpaired) electrons. The summed E-state index contributed by atoms with van der Waals surface area (Å²) in [5, 5.41) is 6.12. The van der Waals surface area contributed by atoms with Crippen LogP contribution in [0.3, 0.4) is 0 Å². The Hall–Kier alpha value is -3.54. The van der Waals surface area contributed by atoms with Gasteiger partial charge in [0, 0.05) is 24.4 Å². The Morgan fingerprint density at radius 1 is 1.00 bits per heavy atom. The van der Waals surface area contributed by atoms with Gasteiger partial charge in [-0.05, 0) is 36.2 Å². The van der Waals surface area contributed by atoms with Gasteiger partial charge in [-0.3, -0.25) is 4.79 Å². The standard InChI is InChI=1S/C22H23N3O3/c1-27-18-8-9-20(28-2)19(15-18)25-21-14-17(11-13-23-21)22(26)24-12-10-16-6-4-3-5-7-16/h3-9,11,13-15H,10,12H2,1-2H3,(H,23,25)(H,24,26). The van der Waals surface area contributed by atoms with Crippen LogP contribution in [0.2, 0.25) is 0 Å². The Labute approximate surface area is 164 Å². The van der Waals surface area contributed by atoms with Gasteiger partial charge < -0.3 is 20.1 Å². The zero-order valence-electron chi connectivity index (χ0n) is 15.9. The fourth-order valence-electron chi connectivity index (χ4n) is 2.76. The van der Waals surface area contributed by atoms with Crippen molar-refractivity contribution in [3.8, 4) is 11.5 Å². The second-order valence-electron chi connectivity index (χ2n) is 6.11. The highest BCUT2D eigenvalue weighted by Crippen LogP contribution is 2.31. The predicted molar refractivity (Wildman–Crippen MR) is 110 cm³/mol. The number of nitrogens with zero attached hydrogens (tertiary/aromatic N) is 1. The van der Waals surface area contributed by atoms with Crippen molar-refractivity contribution in [1.29, 1.82) is 0 Å². The maximum atomic E-state index is 12.5. The minimum Gasteiger partial charge on any atom is -0.497 e. The van der Waals surface area contributed by atoms with E-state index in [0.717, 1.165) is 6.42 Å². The van der Waals surface area contributed by atoms with Gasteiger partial charge in [-0.25, -0.2) is 4.98 Å². The molecule has 3 rings (SSSR count). The Balaban J connectivity index is 1.66. The molecule has 0 fully saturated rings. The van der Waals surface area contributed by atoms with Gasteiger partial charge in [0.2, 0.25) is 0 Å². The summed E-state index contributed by atoms with van der Waals surface area (Å²) in [4.78, 5) is 16.7. The first-order valence-corrected chi connectivity index (χ1v) is 8.97.